The molecule has 3 aromatic heterocycles. The maximum atomic E-state index is 8.54. The summed E-state index contributed by atoms with van der Waals surface area (Å²) in [6, 6.07) is 9.88. The van der Waals surface area contributed by atoms with Crippen molar-refractivity contribution in [1.29, 1.82) is 0 Å². The monoisotopic (exact) mass is 338 g/mol. The van der Waals surface area contributed by atoms with Gasteiger partial charge < -0.3 is 4.42 Å². The molecule has 3 heteroatoms. The van der Waals surface area contributed by atoms with Crippen molar-refractivity contribution >= 4 is 22.1 Å². The maximum absolute atomic E-state index is 8.54. The molecule has 0 amide bonds. The summed E-state index contributed by atoms with van der Waals surface area (Å²) in [6.45, 7) is -1.51. The van der Waals surface area contributed by atoms with Crippen molar-refractivity contribution in [2.75, 3.05) is 0 Å². The maximum Gasteiger partial charge on any atom is 0.227 e. The van der Waals surface area contributed by atoms with Crippen LogP contribution in [0.5, 0.6) is 0 Å². The molecule has 126 valence electrons. The summed E-state index contributed by atoms with van der Waals surface area (Å²) in [5, 5.41) is 1.33. The molecule has 0 aliphatic carbocycles. The summed E-state index contributed by atoms with van der Waals surface area (Å²) in [5.41, 5.74) is 1.30. The molecule has 0 saturated heterocycles. The van der Waals surface area contributed by atoms with Crippen molar-refractivity contribution in [3.05, 3.63) is 59.4 Å². The predicted octanol–water partition coefficient (Wildman–Crippen LogP) is 5.86. The van der Waals surface area contributed by atoms with Gasteiger partial charge in [0, 0.05) is 39.2 Å². The quantitative estimate of drug-likeness (QED) is 0.470. The van der Waals surface area contributed by atoms with Crippen molar-refractivity contribution in [2.45, 2.75) is 33.9 Å². The summed E-state index contributed by atoms with van der Waals surface area (Å²) in [6.07, 6.45) is -0.705. The fraction of sp³-hybridized carbons (Fsp3) is 0.273. The fourth-order valence-corrected chi connectivity index (χ4v) is 2.91. The first-order chi connectivity index (χ1) is 15.2. The van der Waals surface area contributed by atoms with E-state index in [4.69, 9.17) is 15.4 Å². The van der Waals surface area contributed by atoms with Gasteiger partial charge in [-0.05, 0) is 61.4 Å². The standard InChI is InChI=1S/C22H22N2O/c1-13(2)10-16-11-20(23-12-14(16)3)19-7-5-6-17-18-9-8-15(4)24-22(18)25-21(17)19/h5-9,11-13H,10H2,1-4H3/i3D3,4D3,10D2. The van der Waals surface area contributed by atoms with E-state index in [9.17, 15) is 0 Å². The molecule has 0 saturated carbocycles. The van der Waals surface area contributed by atoms with Crippen LogP contribution in [0.25, 0.3) is 33.3 Å². The highest BCUT2D eigenvalue weighted by Crippen LogP contribution is 2.35. The highest BCUT2D eigenvalue weighted by Gasteiger charge is 2.14. The smallest absolute Gasteiger partial charge is 0.227 e. The second-order valence-electron chi connectivity index (χ2n) is 6.25. The van der Waals surface area contributed by atoms with E-state index in [2.05, 4.69) is 9.97 Å². The van der Waals surface area contributed by atoms with Crippen LogP contribution in [0.3, 0.4) is 0 Å². The lowest BCUT2D eigenvalue weighted by molar-refractivity contribution is 0.644. The molecule has 0 spiro atoms. The van der Waals surface area contributed by atoms with E-state index < -0.39 is 26.0 Å². The normalized spacial score (nSPS) is 18.0. The number of benzene rings is 1. The Morgan fingerprint density at radius 2 is 2.08 bits per heavy atom. The molecule has 0 aliphatic heterocycles. The number of pyridine rings is 2. The van der Waals surface area contributed by atoms with Gasteiger partial charge in [-0.15, -0.1) is 0 Å². The molecular weight excluding hydrogens is 308 g/mol. The molecule has 3 nitrogen and oxygen atoms in total. The zero-order valence-electron chi connectivity index (χ0n) is 21.9. The number of para-hydroxylation sites is 1. The summed E-state index contributed by atoms with van der Waals surface area (Å²) in [4.78, 5) is 8.49. The number of hydrogen-bond acceptors (Lipinski definition) is 3. The Balaban J connectivity index is 1.97. The molecule has 0 unspecified atom stereocenters. The van der Waals surface area contributed by atoms with E-state index in [-0.39, 0.29) is 22.5 Å². The Labute approximate surface area is 159 Å². The van der Waals surface area contributed by atoms with Crippen molar-refractivity contribution in [3.8, 4) is 11.3 Å². The fourth-order valence-electron chi connectivity index (χ4n) is 2.91. The molecule has 4 rings (SSSR count). The van der Waals surface area contributed by atoms with Gasteiger partial charge in [0.2, 0.25) is 5.71 Å². The van der Waals surface area contributed by atoms with Crippen molar-refractivity contribution < 1.29 is 15.4 Å². The zero-order chi connectivity index (χ0) is 24.3. The number of rotatable bonds is 3. The molecule has 0 atom stereocenters. The SMILES string of the molecule is [2H]C([2H])([2H])c1ccc2c(n1)oc1c(-c3cc(C([2H])([2H])C(C)C)c(C([2H])([2H])[2H])cn3)cccc12. The highest BCUT2D eigenvalue weighted by molar-refractivity contribution is 6.08. The van der Waals surface area contributed by atoms with Crippen molar-refractivity contribution in [3.63, 3.8) is 0 Å². The van der Waals surface area contributed by atoms with Crippen LogP contribution in [0, 0.1) is 19.6 Å². The predicted molar refractivity (Wildman–Crippen MR) is 103 cm³/mol. The molecule has 25 heavy (non-hydrogen) atoms. The lowest BCUT2D eigenvalue weighted by Crippen LogP contribution is -1.99. The van der Waals surface area contributed by atoms with Crippen LogP contribution >= 0.6 is 0 Å². The van der Waals surface area contributed by atoms with Crippen LogP contribution in [-0.2, 0) is 6.37 Å². The third-order valence-electron chi connectivity index (χ3n) is 3.99. The van der Waals surface area contributed by atoms with Gasteiger partial charge in [0.05, 0.1) is 5.69 Å². The van der Waals surface area contributed by atoms with E-state index in [1.54, 1.807) is 32.0 Å². The Bertz CT molecular complexity index is 1350. The lowest BCUT2D eigenvalue weighted by Gasteiger charge is -2.10. The molecule has 4 aromatic rings. The van der Waals surface area contributed by atoms with E-state index in [1.807, 2.05) is 6.07 Å². The van der Waals surface area contributed by atoms with Crippen LogP contribution in [0.1, 0.15) is 41.6 Å². The average molecular weight is 338 g/mol. The van der Waals surface area contributed by atoms with Gasteiger partial charge in [0.25, 0.3) is 0 Å². The van der Waals surface area contributed by atoms with Crippen molar-refractivity contribution in [2.24, 2.45) is 5.92 Å². The number of nitrogens with zero attached hydrogens (tertiary/aromatic N) is 2. The van der Waals surface area contributed by atoms with Gasteiger partial charge in [-0.3, -0.25) is 4.98 Å². The van der Waals surface area contributed by atoms with Crippen LogP contribution in [0.4, 0.5) is 0 Å². The number of aryl methyl sites for hydroxylation is 2. The Morgan fingerprint density at radius 3 is 2.88 bits per heavy atom. The molecule has 0 fully saturated rings. The van der Waals surface area contributed by atoms with Crippen molar-refractivity contribution in [1.82, 2.24) is 9.97 Å². The van der Waals surface area contributed by atoms with E-state index in [0.717, 1.165) is 0 Å². The summed E-state index contributed by atoms with van der Waals surface area (Å²) in [5.74, 6) is -0.474. The lowest BCUT2D eigenvalue weighted by atomic mass is 9.97. The first-order valence-corrected chi connectivity index (χ1v) is 8.05. The Hall–Kier alpha value is -2.68. The Morgan fingerprint density at radius 1 is 1.16 bits per heavy atom. The third kappa shape index (κ3) is 2.80. The van der Waals surface area contributed by atoms with E-state index >= 15 is 0 Å². The first kappa shape index (κ1) is 9.14. The van der Waals surface area contributed by atoms with Gasteiger partial charge in [-0.25, -0.2) is 4.98 Å². The molecule has 3 heterocycles. The Kier molecular flexibility index (Phi) is 2.19. The van der Waals surface area contributed by atoms with Gasteiger partial charge >= 0.3 is 0 Å². The van der Waals surface area contributed by atoms with Crippen LogP contribution in [0.2, 0.25) is 0 Å². The molecular formula is C22H22N2O. The van der Waals surface area contributed by atoms with Crippen LogP contribution in [-0.4, -0.2) is 9.97 Å². The number of fused-ring (bicyclic) bond motifs is 3. The second-order valence-corrected chi connectivity index (χ2v) is 6.25. The highest BCUT2D eigenvalue weighted by atomic mass is 16.3. The second kappa shape index (κ2) is 5.99. The summed E-state index contributed by atoms with van der Waals surface area (Å²) in [7, 11) is 0. The van der Waals surface area contributed by atoms with Gasteiger partial charge in [-0.2, -0.15) is 0 Å². The number of furan rings is 1. The third-order valence-corrected chi connectivity index (χ3v) is 3.99. The minimum Gasteiger partial charge on any atom is -0.437 e. The van der Waals surface area contributed by atoms with Crippen LogP contribution in [0.15, 0.2) is 47.0 Å². The number of hydrogen-bond donors (Lipinski definition) is 0. The van der Waals surface area contributed by atoms with Crippen LogP contribution < -0.4 is 0 Å². The van der Waals surface area contributed by atoms with E-state index in [0.29, 0.717) is 27.6 Å². The topological polar surface area (TPSA) is 38.9 Å². The molecule has 0 radical (unpaired) electrons. The van der Waals surface area contributed by atoms with Gasteiger partial charge in [0.15, 0.2) is 0 Å². The summed E-state index contributed by atoms with van der Waals surface area (Å²) >= 11 is 0. The zero-order valence-corrected chi connectivity index (χ0v) is 13.9. The molecule has 0 aliphatic rings. The van der Waals surface area contributed by atoms with Gasteiger partial charge in [-0.1, -0.05) is 26.0 Å². The minimum absolute atomic E-state index is 0.0541. The largest absolute Gasteiger partial charge is 0.437 e. The first-order valence-electron chi connectivity index (χ1n) is 12.1. The average Bonchev–Trinajstić information content (AvgIpc) is 3.10. The molecule has 0 bridgehead atoms. The molecule has 0 N–H and O–H groups in total. The molecule has 1 aromatic carbocycles. The summed E-state index contributed by atoms with van der Waals surface area (Å²) < 4.78 is 69.3. The minimum atomic E-state index is -2.52. The van der Waals surface area contributed by atoms with E-state index in [1.165, 1.54) is 18.3 Å². The van der Waals surface area contributed by atoms with Gasteiger partial charge in [0.1, 0.15) is 5.58 Å². The number of aromatic nitrogens is 2.